The third kappa shape index (κ3) is 5.61. The summed E-state index contributed by atoms with van der Waals surface area (Å²) in [4.78, 5) is 24.4. The van der Waals surface area contributed by atoms with E-state index in [1.54, 1.807) is 6.20 Å². The average molecular weight is 456 g/mol. The second-order valence-electron chi connectivity index (χ2n) is 8.61. The molecule has 0 atom stereocenters. The van der Waals surface area contributed by atoms with Gasteiger partial charge in [0.15, 0.2) is 0 Å². The second kappa shape index (κ2) is 10.5. The minimum absolute atomic E-state index is 0.0792. The van der Waals surface area contributed by atoms with Crippen LogP contribution in [0.25, 0.3) is 17.3 Å². The number of rotatable bonds is 4. The minimum atomic E-state index is -0.0792. The minimum Gasteiger partial charge on any atom is -0.493 e. The maximum absolute atomic E-state index is 12.9. The zero-order chi connectivity index (χ0) is 23.2. The molecular formula is C27H29N5O2. The van der Waals surface area contributed by atoms with Gasteiger partial charge in [0.1, 0.15) is 5.75 Å². The highest BCUT2D eigenvalue weighted by molar-refractivity contribution is 5.96. The fourth-order valence-electron chi connectivity index (χ4n) is 4.31. The zero-order valence-corrected chi connectivity index (χ0v) is 19.2. The molecule has 174 valence electrons. The second-order valence-corrected chi connectivity index (χ2v) is 8.61. The summed E-state index contributed by atoms with van der Waals surface area (Å²) >= 11 is 0. The quantitative estimate of drug-likeness (QED) is 0.603. The Bertz CT molecular complexity index is 1190. The number of anilines is 2. The van der Waals surface area contributed by atoms with Crippen LogP contribution in [0.5, 0.6) is 5.75 Å². The van der Waals surface area contributed by atoms with Gasteiger partial charge in [-0.2, -0.15) is 0 Å². The summed E-state index contributed by atoms with van der Waals surface area (Å²) in [6.07, 6.45) is 9.06. The highest BCUT2D eigenvalue weighted by Gasteiger charge is 2.13. The van der Waals surface area contributed by atoms with Crippen molar-refractivity contribution in [3.05, 3.63) is 71.9 Å². The molecule has 1 amide bonds. The van der Waals surface area contributed by atoms with Crippen molar-refractivity contribution in [2.24, 2.45) is 0 Å². The molecule has 0 saturated carbocycles. The topological polar surface area (TPSA) is 79.4 Å². The molecular weight excluding hydrogens is 426 g/mol. The van der Waals surface area contributed by atoms with Gasteiger partial charge in [0.05, 0.1) is 12.3 Å². The van der Waals surface area contributed by atoms with E-state index in [1.165, 1.54) is 12.8 Å². The van der Waals surface area contributed by atoms with Crippen LogP contribution in [-0.2, 0) is 0 Å². The first kappa shape index (κ1) is 22.1. The molecule has 2 N–H and O–H groups in total. The van der Waals surface area contributed by atoms with Crippen molar-refractivity contribution in [3.8, 4) is 17.0 Å². The summed E-state index contributed by atoms with van der Waals surface area (Å²) < 4.78 is 5.92. The van der Waals surface area contributed by atoms with Gasteiger partial charge in [-0.3, -0.25) is 4.79 Å². The number of fused-ring (bicyclic) bond motifs is 7. The van der Waals surface area contributed by atoms with Gasteiger partial charge in [-0.05, 0) is 74.3 Å². The van der Waals surface area contributed by atoms with Crippen LogP contribution in [0.3, 0.4) is 0 Å². The molecule has 0 radical (unpaired) electrons. The first-order valence-electron chi connectivity index (χ1n) is 11.9. The summed E-state index contributed by atoms with van der Waals surface area (Å²) in [5.41, 5.74) is 4.06. The first-order chi connectivity index (χ1) is 16.7. The maximum atomic E-state index is 12.9. The standard InChI is InChI=1S/C27H29N5O2/c33-26(28-11-14-32-12-2-3-13-32)22-16-20-6-1-4-15-34-24-8-5-7-21(19-24)25-9-10-29-27(31-25)30-23(17-20)18-22/h1,5-10,16-19H,2-4,11-15H2,(H,28,33)(H,29,30,31)/b6-1-. The summed E-state index contributed by atoms with van der Waals surface area (Å²) in [5.74, 6) is 1.20. The van der Waals surface area contributed by atoms with E-state index in [1.807, 2.05) is 54.6 Å². The van der Waals surface area contributed by atoms with Crippen LogP contribution in [0.1, 0.15) is 35.2 Å². The van der Waals surface area contributed by atoms with E-state index in [4.69, 9.17) is 4.74 Å². The number of hydrogen-bond donors (Lipinski definition) is 2. The molecule has 34 heavy (non-hydrogen) atoms. The molecule has 0 unspecified atom stereocenters. The fraction of sp³-hybridized carbons (Fsp3) is 0.296. The molecule has 7 heteroatoms. The summed E-state index contributed by atoms with van der Waals surface area (Å²) in [6, 6.07) is 15.5. The van der Waals surface area contributed by atoms with Crippen molar-refractivity contribution in [2.45, 2.75) is 19.3 Å². The number of likely N-dealkylation sites (tertiary alicyclic amines) is 1. The molecule has 2 aliphatic rings. The highest BCUT2D eigenvalue weighted by Crippen LogP contribution is 2.25. The Balaban J connectivity index is 1.40. The third-order valence-corrected chi connectivity index (χ3v) is 6.03. The van der Waals surface area contributed by atoms with E-state index in [0.29, 0.717) is 24.7 Å². The highest BCUT2D eigenvalue weighted by atomic mass is 16.5. The Morgan fingerprint density at radius 2 is 2.03 bits per heavy atom. The van der Waals surface area contributed by atoms with E-state index in [0.717, 1.165) is 54.3 Å². The Morgan fingerprint density at radius 3 is 2.94 bits per heavy atom. The fourth-order valence-corrected chi connectivity index (χ4v) is 4.31. The van der Waals surface area contributed by atoms with Crippen LogP contribution in [-0.4, -0.2) is 53.6 Å². The third-order valence-electron chi connectivity index (χ3n) is 6.03. The van der Waals surface area contributed by atoms with Gasteiger partial charge >= 0.3 is 0 Å². The smallest absolute Gasteiger partial charge is 0.251 e. The van der Waals surface area contributed by atoms with Crippen molar-refractivity contribution in [3.63, 3.8) is 0 Å². The Kier molecular flexibility index (Phi) is 6.81. The van der Waals surface area contributed by atoms with E-state index in [9.17, 15) is 4.79 Å². The number of hydrogen-bond acceptors (Lipinski definition) is 6. The molecule has 7 nitrogen and oxygen atoms in total. The number of carbonyl (C=O) groups excluding carboxylic acids is 1. The molecule has 5 rings (SSSR count). The van der Waals surface area contributed by atoms with Crippen LogP contribution in [0.15, 0.2) is 60.8 Å². The number of ether oxygens (including phenoxy) is 1. The lowest BCUT2D eigenvalue weighted by Crippen LogP contribution is -2.33. The van der Waals surface area contributed by atoms with Crippen LogP contribution < -0.4 is 15.4 Å². The van der Waals surface area contributed by atoms with Crippen molar-refractivity contribution in [1.29, 1.82) is 0 Å². The Morgan fingerprint density at radius 1 is 1.12 bits per heavy atom. The van der Waals surface area contributed by atoms with Crippen molar-refractivity contribution >= 4 is 23.6 Å². The lowest BCUT2D eigenvalue weighted by Gasteiger charge is -2.15. The molecule has 3 aromatic rings. The first-order valence-corrected chi connectivity index (χ1v) is 11.9. The summed E-state index contributed by atoms with van der Waals surface area (Å²) in [5, 5.41) is 6.35. The molecule has 0 aliphatic carbocycles. The van der Waals surface area contributed by atoms with Crippen molar-refractivity contribution < 1.29 is 9.53 Å². The van der Waals surface area contributed by atoms with Gasteiger partial charge in [0.2, 0.25) is 5.95 Å². The normalized spacial score (nSPS) is 16.5. The predicted molar refractivity (Wildman–Crippen MR) is 134 cm³/mol. The lowest BCUT2D eigenvalue weighted by atomic mass is 10.1. The van der Waals surface area contributed by atoms with Gasteiger partial charge in [0.25, 0.3) is 5.91 Å². The van der Waals surface area contributed by atoms with Crippen LogP contribution in [0.4, 0.5) is 11.6 Å². The molecule has 2 aliphatic heterocycles. The number of benzene rings is 2. The van der Waals surface area contributed by atoms with E-state index < -0.39 is 0 Å². The van der Waals surface area contributed by atoms with E-state index in [-0.39, 0.29) is 5.91 Å². The molecule has 0 spiro atoms. The van der Waals surface area contributed by atoms with Gasteiger partial charge in [-0.1, -0.05) is 24.3 Å². The van der Waals surface area contributed by atoms with Gasteiger partial charge in [-0.25, -0.2) is 9.97 Å². The van der Waals surface area contributed by atoms with Crippen LogP contribution in [0.2, 0.25) is 0 Å². The SMILES string of the molecule is O=C(NCCN1CCCC1)c1cc2cc(c1)Nc1nccc(n1)-c1cccc(c1)OCC/C=C\2. The van der Waals surface area contributed by atoms with E-state index in [2.05, 4.69) is 31.6 Å². The molecule has 3 heterocycles. The summed E-state index contributed by atoms with van der Waals surface area (Å²) in [7, 11) is 0. The van der Waals surface area contributed by atoms with Crippen molar-refractivity contribution in [1.82, 2.24) is 20.2 Å². The predicted octanol–water partition coefficient (Wildman–Crippen LogP) is 4.51. The van der Waals surface area contributed by atoms with E-state index >= 15 is 0 Å². The van der Waals surface area contributed by atoms with Crippen LogP contribution >= 0.6 is 0 Å². The number of nitrogens with one attached hydrogen (secondary N) is 2. The largest absolute Gasteiger partial charge is 0.493 e. The lowest BCUT2D eigenvalue weighted by molar-refractivity contribution is 0.0949. The maximum Gasteiger partial charge on any atom is 0.251 e. The average Bonchev–Trinajstić information content (AvgIpc) is 3.37. The number of carbonyl (C=O) groups is 1. The van der Waals surface area contributed by atoms with Gasteiger partial charge in [-0.15, -0.1) is 0 Å². The van der Waals surface area contributed by atoms with Crippen molar-refractivity contribution in [2.75, 3.05) is 38.1 Å². The molecule has 1 aromatic heterocycles. The zero-order valence-electron chi connectivity index (χ0n) is 19.2. The molecule has 1 saturated heterocycles. The van der Waals surface area contributed by atoms with Gasteiger partial charge in [0, 0.05) is 36.1 Å². The number of nitrogens with zero attached hydrogens (tertiary/aromatic N) is 3. The van der Waals surface area contributed by atoms with Crippen LogP contribution in [0, 0.1) is 0 Å². The molecule has 6 bridgehead atoms. The molecule has 1 fully saturated rings. The Hall–Kier alpha value is -3.71. The van der Waals surface area contributed by atoms with Gasteiger partial charge < -0.3 is 20.3 Å². The molecule has 2 aromatic carbocycles. The number of amides is 1. The summed E-state index contributed by atoms with van der Waals surface area (Å²) in [6.45, 7) is 4.34. The number of aromatic nitrogens is 2. The monoisotopic (exact) mass is 455 g/mol. The Labute approximate surface area is 199 Å².